The van der Waals surface area contributed by atoms with Gasteiger partial charge in [-0.2, -0.15) is 0 Å². The zero-order chi connectivity index (χ0) is 12.2. The first kappa shape index (κ1) is 10.2. The maximum Gasteiger partial charge on any atom is 0.231 e. The van der Waals surface area contributed by atoms with Crippen molar-refractivity contribution in [1.82, 2.24) is 4.57 Å². The Labute approximate surface area is 98.7 Å². The number of aryl methyl sites for hydroxylation is 1. The van der Waals surface area contributed by atoms with E-state index in [1.165, 1.54) is 0 Å². The van der Waals surface area contributed by atoms with Crippen LogP contribution in [0, 0.1) is 6.92 Å². The molecule has 1 aromatic carbocycles. The summed E-state index contributed by atoms with van der Waals surface area (Å²) in [6.07, 6.45) is 0. The molecule has 0 saturated carbocycles. The molecule has 1 aromatic heterocycles. The van der Waals surface area contributed by atoms with Crippen LogP contribution in [0.15, 0.2) is 12.1 Å². The summed E-state index contributed by atoms with van der Waals surface area (Å²) in [6.45, 7) is 3.79. The lowest BCUT2D eigenvalue weighted by Gasteiger charge is -1.99. The fraction of sp³-hybridized carbons (Fsp3) is 0.308. The Morgan fingerprint density at radius 1 is 1.29 bits per heavy atom. The van der Waals surface area contributed by atoms with Crippen molar-refractivity contribution in [3.63, 3.8) is 0 Å². The van der Waals surface area contributed by atoms with Crippen LogP contribution in [-0.2, 0) is 7.05 Å². The van der Waals surface area contributed by atoms with Gasteiger partial charge >= 0.3 is 0 Å². The predicted molar refractivity (Wildman–Crippen MR) is 63.8 cm³/mol. The van der Waals surface area contributed by atoms with E-state index in [0.717, 1.165) is 27.9 Å². The van der Waals surface area contributed by atoms with Crippen molar-refractivity contribution < 1.29 is 14.3 Å². The van der Waals surface area contributed by atoms with Crippen molar-refractivity contribution >= 4 is 16.7 Å². The Hall–Kier alpha value is -1.97. The standard InChI is InChI=1S/C13H13NO3/c1-7-13(8(2)15)9-4-11-12(17-6-16-11)5-10(9)14(7)3/h4-5H,6H2,1-3H3. The third-order valence-electron chi connectivity index (χ3n) is 3.34. The summed E-state index contributed by atoms with van der Waals surface area (Å²) in [5.41, 5.74) is 2.73. The van der Waals surface area contributed by atoms with Crippen molar-refractivity contribution in [2.45, 2.75) is 13.8 Å². The largest absolute Gasteiger partial charge is 0.454 e. The fourth-order valence-corrected chi connectivity index (χ4v) is 2.40. The Kier molecular flexibility index (Phi) is 1.96. The van der Waals surface area contributed by atoms with Gasteiger partial charge in [0.05, 0.1) is 5.52 Å². The lowest BCUT2D eigenvalue weighted by molar-refractivity contribution is 0.101. The maximum absolute atomic E-state index is 11.7. The molecule has 0 aliphatic carbocycles. The topological polar surface area (TPSA) is 40.5 Å². The second-order valence-electron chi connectivity index (χ2n) is 4.30. The minimum atomic E-state index is 0.0759. The highest BCUT2D eigenvalue weighted by molar-refractivity contribution is 6.09. The normalized spacial score (nSPS) is 13.4. The van der Waals surface area contributed by atoms with Gasteiger partial charge in [-0.1, -0.05) is 0 Å². The minimum absolute atomic E-state index is 0.0759. The number of aromatic nitrogens is 1. The minimum Gasteiger partial charge on any atom is -0.454 e. The van der Waals surface area contributed by atoms with E-state index in [-0.39, 0.29) is 12.6 Å². The molecule has 2 heterocycles. The molecule has 0 fully saturated rings. The summed E-state index contributed by atoms with van der Waals surface area (Å²) in [4.78, 5) is 11.7. The van der Waals surface area contributed by atoms with Gasteiger partial charge in [0.2, 0.25) is 6.79 Å². The highest BCUT2D eigenvalue weighted by atomic mass is 16.7. The molecule has 4 nitrogen and oxygen atoms in total. The van der Waals surface area contributed by atoms with E-state index in [9.17, 15) is 4.79 Å². The first-order valence-electron chi connectivity index (χ1n) is 5.49. The Morgan fingerprint density at radius 2 is 1.94 bits per heavy atom. The van der Waals surface area contributed by atoms with Crippen molar-refractivity contribution in [2.24, 2.45) is 7.05 Å². The molecule has 0 radical (unpaired) electrons. The first-order valence-corrected chi connectivity index (χ1v) is 5.49. The van der Waals surface area contributed by atoms with Crippen LogP contribution in [0.4, 0.5) is 0 Å². The molecule has 2 aromatic rings. The number of fused-ring (bicyclic) bond motifs is 2. The lowest BCUT2D eigenvalue weighted by Crippen LogP contribution is -1.96. The van der Waals surface area contributed by atoms with Gasteiger partial charge in [-0.3, -0.25) is 4.79 Å². The molecule has 88 valence electrons. The summed E-state index contributed by atoms with van der Waals surface area (Å²) in [5.74, 6) is 1.53. The highest BCUT2D eigenvalue weighted by Crippen LogP contribution is 2.38. The number of benzene rings is 1. The van der Waals surface area contributed by atoms with Crippen LogP contribution in [0.25, 0.3) is 10.9 Å². The number of Topliss-reactive ketones (excluding diaryl/α,β-unsaturated/α-hetero) is 1. The Morgan fingerprint density at radius 3 is 2.59 bits per heavy atom. The molecule has 0 atom stereocenters. The van der Waals surface area contributed by atoms with Crippen LogP contribution >= 0.6 is 0 Å². The van der Waals surface area contributed by atoms with Crippen LogP contribution < -0.4 is 9.47 Å². The first-order chi connectivity index (χ1) is 8.09. The number of ketones is 1. The summed E-state index contributed by atoms with van der Waals surface area (Å²) in [7, 11) is 1.95. The van der Waals surface area contributed by atoms with E-state index in [4.69, 9.17) is 9.47 Å². The van der Waals surface area contributed by atoms with Crippen molar-refractivity contribution in [3.05, 3.63) is 23.4 Å². The molecular weight excluding hydrogens is 218 g/mol. The maximum atomic E-state index is 11.7. The van der Waals surface area contributed by atoms with Gasteiger partial charge in [0, 0.05) is 29.8 Å². The molecule has 4 heteroatoms. The van der Waals surface area contributed by atoms with Crippen LogP contribution in [0.2, 0.25) is 0 Å². The third kappa shape index (κ3) is 1.27. The molecule has 1 aliphatic rings. The van der Waals surface area contributed by atoms with E-state index in [1.807, 2.05) is 30.7 Å². The Bertz CT molecular complexity index is 640. The van der Waals surface area contributed by atoms with Crippen molar-refractivity contribution in [1.29, 1.82) is 0 Å². The zero-order valence-electron chi connectivity index (χ0n) is 10.0. The summed E-state index contributed by atoms with van der Waals surface area (Å²) < 4.78 is 12.7. The van der Waals surface area contributed by atoms with Crippen molar-refractivity contribution in [2.75, 3.05) is 6.79 Å². The molecule has 0 spiro atoms. The number of nitrogens with zero attached hydrogens (tertiary/aromatic N) is 1. The molecular formula is C13H13NO3. The lowest BCUT2D eigenvalue weighted by atomic mass is 10.1. The number of carbonyl (C=O) groups excluding carboxylic acids is 1. The smallest absolute Gasteiger partial charge is 0.231 e. The van der Waals surface area contributed by atoms with E-state index >= 15 is 0 Å². The predicted octanol–water partition coefficient (Wildman–Crippen LogP) is 2.42. The van der Waals surface area contributed by atoms with Crippen LogP contribution in [-0.4, -0.2) is 17.1 Å². The summed E-state index contributed by atoms with van der Waals surface area (Å²) in [6, 6.07) is 3.82. The fourth-order valence-electron chi connectivity index (χ4n) is 2.40. The second-order valence-corrected chi connectivity index (χ2v) is 4.30. The van der Waals surface area contributed by atoms with Gasteiger partial charge in [-0.05, 0) is 19.9 Å². The average Bonchev–Trinajstić information content (AvgIpc) is 2.81. The van der Waals surface area contributed by atoms with E-state index in [1.54, 1.807) is 6.92 Å². The number of hydrogen-bond acceptors (Lipinski definition) is 3. The van der Waals surface area contributed by atoms with Crippen LogP contribution in [0.3, 0.4) is 0 Å². The number of ether oxygens (including phenoxy) is 2. The van der Waals surface area contributed by atoms with Gasteiger partial charge in [0.15, 0.2) is 17.3 Å². The zero-order valence-corrected chi connectivity index (χ0v) is 10.0. The van der Waals surface area contributed by atoms with Gasteiger partial charge in [0.1, 0.15) is 0 Å². The van der Waals surface area contributed by atoms with Crippen molar-refractivity contribution in [3.8, 4) is 11.5 Å². The highest BCUT2D eigenvalue weighted by Gasteiger charge is 2.21. The molecule has 1 aliphatic heterocycles. The quantitative estimate of drug-likeness (QED) is 0.708. The molecule has 0 N–H and O–H groups in total. The van der Waals surface area contributed by atoms with Gasteiger partial charge in [-0.15, -0.1) is 0 Å². The molecule has 0 amide bonds. The second kappa shape index (κ2) is 3.26. The summed E-state index contributed by atoms with van der Waals surface area (Å²) in [5, 5.41) is 0.932. The average molecular weight is 231 g/mol. The van der Waals surface area contributed by atoms with Gasteiger partial charge < -0.3 is 14.0 Å². The molecule has 0 bridgehead atoms. The van der Waals surface area contributed by atoms with Crippen LogP contribution in [0.5, 0.6) is 11.5 Å². The number of rotatable bonds is 1. The summed E-state index contributed by atoms with van der Waals surface area (Å²) >= 11 is 0. The third-order valence-corrected chi connectivity index (χ3v) is 3.34. The molecule has 0 saturated heterocycles. The monoisotopic (exact) mass is 231 g/mol. The number of hydrogen-bond donors (Lipinski definition) is 0. The Balaban J connectivity index is 2.42. The van der Waals surface area contributed by atoms with Crippen LogP contribution in [0.1, 0.15) is 23.0 Å². The number of carbonyl (C=O) groups is 1. The van der Waals surface area contributed by atoms with Gasteiger partial charge in [0.25, 0.3) is 0 Å². The van der Waals surface area contributed by atoms with Gasteiger partial charge in [-0.25, -0.2) is 0 Å². The van der Waals surface area contributed by atoms with E-state index < -0.39 is 0 Å². The molecule has 17 heavy (non-hydrogen) atoms. The SMILES string of the molecule is CC(=O)c1c(C)n(C)c2cc3c(cc12)OCO3. The molecule has 0 unspecified atom stereocenters. The van der Waals surface area contributed by atoms with E-state index in [0.29, 0.717) is 5.75 Å². The molecule has 3 rings (SSSR count). The van der Waals surface area contributed by atoms with E-state index in [2.05, 4.69) is 0 Å².